The Balaban J connectivity index is 2.44. The monoisotopic (exact) mass is 250 g/mol. The van der Waals surface area contributed by atoms with E-state index in [0.29, 0.717) is 17.5 Å². The van der Waals surface area contributed by atoms with Gasteiger partial charge < -0.3 is 16.2 Å². The highest BCUT2D eigenvalue weighted by atomic mass is 16.4. The van der Waals surface area contributed by atoms with Gasteiger partial charge in [-0.05, 0) is 30.7 Å². The molecule has 0 saturated carbocycles. The van der Waals surface area contributed by atoms with Crippen molar-refractivity contribution in [3.8, 4) is 0 Å². The number of carboxylic acid groups (broad SMARTS) is 1. The van der Waals surface area contributed by atoms with Crippen LogP contribution < -0.4 is 11.1 Å². The van der Waals surface area contributed by atoms with Crippen molar-refractivity contribution in [3.63, 3.8) is 0 Å². The molecule has 0 unspecified atom stereocenters. The Kier molecular flexibility index (Phi) is 5.01. The van der Waals surface area contributed by atoms with Gasteiger partial charge in [-0.15, -0.1) is 0 Å². The van der Waals surface area contributed by atoms with E-state index < -0.39 is 12.0 Å². The summed E-state index contributed by atoms with van der Waals surface area (Å²) in [5.74, 6) is -1.44. The fourth-order valence-electron chi connectivity index (χ4n) is 1.28. The number of nitrogens with two attached hydrogens (primary N) is 1. The minimum atomic E-state index is -1.13. The van der Waals surface area contributed by atoms with Gasteiger partial charge in [-0.2, -0.15) is 0 Å². The van der Waals surface area contributed by atoms with E-state index in [-0.39, 0.29) is 18.7 Å². The van der Waals surface area contributed by atoms with Gasteiger partial charge in [-0.25, -0.2) is 0 Å². The lowest BCUT2D eigenvalue weighted by atomic mass is 10.1. The van der Waals surface area contributed by atoms with E-state index in [9.17, 15) is 14.4 Å². The van der Waals surface area contributed by atoms with Crippen molar-refractivity contribution in [2.24, 2.45) is 5.73 Å². The Hall–Kier alpha value is -2.21. The first-order valence-corrected chi connectivity index (χ1v) is 5.36. The van der Waals surface area contributed by atoms with Crippen LogP contribution in [0.25, 0.3) is 0 Å². The molecule has 0 radical (unpaired) electrons. The molecule has 18 heavy (non-hydrogen) atoms. The van der Waals surface area contributed by atoms with E-state index in [1.165, 1.54) is 0 Å². The normalized spacial score (nSPS) is 11.6. The quantitative estimate of drug-likeness (QED) is 0.641. The smallest absolute Gasteiger partial charge is 0.320 e. The summed E-state index contributed by atoms with van der Waals surface area (Å²) in [6.07, 6.45) is 0.813. The average molecular weight is 250 g/mol. The molecule has 0 aliphatic carbocycles. The lowest BCUT2D eigenvalue weighted by Gasteiger charge is -2.07. The molecule has 0 heterocycles. The molecule has 1 aromatic rings. The van der Waals surface area contributed by atoms with Crippen LogP contribution >= 0.6 is 0 Å². The van der Waals surface area contributed by atoms with Crippen LogP contribution in [-0.4, -0.2) is 29.3 Å². The van der Waals surface area contributed by atoms with Gasteiger partial charge >= 0.3 is 5.97 Å². The van der Waals surface area contributed by atoms with Crippen LogP contribution in [0, 0.1) is 0 Å². The third-order valence-corrected chi connectivity index (χ3v) is 2.33. The molecule has 1 rings (SSSR count). The third-order valence-electron chi connectivity index (χ3n) is 2.33. The molecule has 0 aliphatic rings. The number of benzene rings is 1. The van der Waals surface area contributed by atoms with Gasteiger partial charge in [-0.1, -0.05) is 0 Å². The van der Waals surface area contributed by atoms with Gasteiger partial charge in [0, 0.05) is 17.7 Å². The summed E-state index contributed by atoms with van der Waals surface area (Å²) in [6.45, 7) is 0. The Labute approximate surface area is 104 Å². The van der Waals surface area contributed by atoms with Gasteiger partial charge in [0.1, 0.15) is 12.3 Å². The fraction of sp³-hybridized carbons (Fsp3) is 0.250. The van der Waals surface area contributed by atoms with Gasteiger partial charge in [-0.3, -0.25) is 14.4 Å². The summed E-state index contributed by atoms with van der Waals surface area (Å²) in [5.41, 5.74) is 6.34. The number of nitrogens with one attached hydrogen (secondary N) is 1. The fourth-order valence-corrected chi connectivity index (χ4v) is 1.28. The van der Waals surface area contributed by atoms with Crippen LogP contribution in [-0.2, 0) is 9.59 Å². The summed E-state index contributed by atoms with van der Waals surface area (Å²) < 4.78 is 0. The van der Waals surface area contributed by atoms with E-state index in [1.54, 1.807) is 24.3 Å². The van der Waals surface area contributed by atoms with Crippen LogP contribution in [0.1, 0.15) is 23.2 Å². The molecule has 0 bridgehead atoms. The van der Waals surface area contributed by atoms with Crippen molar-refractivity contribution in [2.45, 2.75) is 18.9 Å². The van der Waals surface area contributed by atoms with Crippen molar-refractivity contribution < 1.29 is 19.5 Å². The molecule has 96 valence electrons. The maximum atomic E-state index is 11.5. The van der Waals surface area contributed by atoms with Crippen molar-refractivity contribution >= 4 is 23.9 Å². The van der Waals surface area contributed by atoms with E-state index in [4.69, 9.17) is 10.8 Å². The van der Waals surface area contributed by atoms with Gasteiger partial charge in [0.2, 0.25) is 5.91 Å². The zero-order chi connectivity index (χ0) is 13.5. The predicted molar refractivity (Wildman–Crippen MR) is 65.3 cm³/mol. The molecule has 0 fully saturated rings. The van der Waals surface area contributed by atoms with Crippen LogP contribution in [0.3, 0.4) is 0 Å². The Morgan fingerprint density at radius 3 is 2.44 bits per heavy atom. The summed E-state index contributed by atoms with van der Waals surface area (Å²) in [7, 11) is 0. The highest BCUT2D eigenvalue weighted by Gasteiger charge is 2.13. The SMILES string of the molecule is N[C@H](CCC(=O)Nc1ccc(C=O)cc1)C(=O)O. The van der Waals surface area contributed by atoms with Crippen LogP contribution in [0.15, 0.2) is 24.3 Å². The van der Waals surface area contributed by atoms with E-state index >= 15 is 0 Å². The molecular weight excluding hydrogens is 236 g/mol. The standard InChI is InChI=1S/C12H14N2O4/c13-10(12(17)18)5-6-11(16)14-9-3-1-8(7-15)2-4-9/h1-4,7,10H,5-6,13H2,(H,14,16)(H,17,18)/t10-/m1/s1. The minimum absolute atomic E-state index is 0.0307. The zero-order valence-corrected chi connectivity index (χ0v) is 9.63. The number of aliphatic carboxylic acids is 1. The van der Waals surface area contributed by atoms with Crippen LogP contribution in [0.2, 0.25) is 0 Å². The number of carbonyl (C=O) groups is 3. The topological polar surface area (TPSA) is 109 Å². The first kappa shape index (κ1) is 13.9. The number of amides is 1. The number of carboxylic acids is 1. The zero-order valence-electron chi connectivity index (χ0n) is 9.63. The van der Waals surface area contributed by atoms with E-state index in [1.807, 2.05) is 0 Å². The molecule has 1 amide bonds. The van der Waals surface area contributed by atoms with Gasteiger partial charge in [0.05, 0.1) is 0 Å². The van der Waals surface area contributed by atoms with Crippen LogP contribution in [0.5, 0.6) is 0 Å². The molecule has 6 heteroatoms. The lowest BCUT2D eigenvalue weighted by molar-refractivity contribution is -0.138. The largest absolute Gasteiger partial charge is 0.480 e. The summed E-state index contributed by atoms with van der Waals surface area (Å²) >= 11 is 0. The second-order valence-electron chi connectivity index (χ2n) is 3.77. The Bertz CT molecular complexity index is 442. The number of rotatable bonds is 6. The maximum absolute atomic E-state index is 11.5. The molecule has 1 aromatic carbocycles. The number of aldehydes is 1. The molecule has 0 aliphatic heterocycles. The molecule has 6 nitrogen and oxygen atoms in total. The number of anilines is 1. The molecule has 1 atom stereocenters. The Morgan fingerprint density at radius 1 is 1.33 bits per heavy atom. The minimum Gasteiger partial charge on any atom is -0.480 e. The average Bonchev–Trinajstić information content (AvgIpc) is 2.36. The number of hydrogen-bond donors (Lipinski definition) is 3. The summed E-state index contributed by atoms with van der Waals surface area (Å²) in [4.78, 5) is 32.3. The second-order valence-corrected chi connectivity index (χ2v) is 3.77. The molecule has 0 aromatic heterocycles. The Morgan fingerprint density at radius 2 is 1.94 bits per heavy atom. The van der Waals surface area contributed by atoms with E-state index in [2.05, 4.69) is 5.32 Å². The summed E-state index contributed by atoms with van der Waals surface area (Å²) in [5, 5.41) is 11.1. The van der Waals surface area contributed by atoms with E-state index in [0.717, 1.165) is 0 Å². The van der Waals surface area contributed by atoms with Gasteiger partial charge in [0.25, 0.3) is 0 Å². The highest BCUT2D eigenvalue weighted by Crippen LogP contribution is 2.09. The second kappa shape index (κ2) is 6.51. The summed E-state index contributed by atoms with van der Waals surface area (Å²) in [6, 6.07) is 5.31. The highest BCUT2D eigenvalue weighted by molar-refractivity contribution is 5.91. The number of hydrogen-bond acceptors (Lipinski definition) is 4. The lowest BCUT2D eigenvalue weighted by Crippen LogP contribution is -2.31. The molecular formula is C12H14N2O4. The maximum Gasteiger partial charge on any atom is 0.320 e. The molecule has 0 spiro atoms. The van der Waals surface area contributed by atoms with Crippen molar-refractivity contribution in [1.29, 1.82) is 0 Å². The first-order valence-electron chi connectivity index (χ1n) is 5.36. The molecule has 0 saturated heterocycles. The predicted octanol–water partition coefficient (Wildman–Crippen LogP) is 0.630. The van der Waals surface area contributed by atoms with Crippen molar-refractivity contribution in [2.75, 3.05) is 5.32 Å². The third kappa shape index (κ3) is 4.34. The van der Waals surface area contributed by atoms with Crippen molar-refractivity contribution in [1.82, 2.24) is 0 Å². The van der Waals surface area contributed by atoms with Crippen molar-refractivity contribution in [3.05, 3.63) is 29.8 Å². The number of carbonyl (C=O) groups excluding carboxylic acids is 2. The first-order chi connectivity index (χ1) is 8.52. The van der Waals surface area contributed by atoms with Crippen LogP contribution in [0.4, 0.5) is 5.69 Å². The molecule has 4 N–H and O–H groups in total. The van der Waals surface area contributed by atoms with Gasteiger partial charge in [0.15, 0.2) is 0 Å².